The molecule has 100 valence electrons. The predicted molar refractivity (Wildman–Crippen MR) is 63.4 cm³/mol. The summed E-state index contributed by atoms with van der Waals surface area (Å²) in [5.74, 6) is -2.52. The van der Waals surface area contributed by atoms with Crippen molar-refractivity contribution >= 4 is 0 Å². The standard InChI is InChI=1S/C13H23F2NO/c1-3-5-11(2)17-10-12-6-4-7-16(12)9-13(14,15)8-12/h11H,3-10H2,1-2H3. The molecular weight excluding hydrogens is 224 g/mol. The highest BCUT2D eigenvalue weighted by molar-refractivity contribution is 5.06. The predicted octanol–water partition coefficient (Wildman–Crippen LogP) is 3.07. The third-order valence-corrected chi connectivity index (χ3v) is 4.08. The number of nitrogens with zero attached hydrogens (tertiary/aromatic N) is 1. The molecule has 0 N–H and O–H groups in total. The van der Waals surface area contributed by atoms with Crippen LogP contribution in [0, 0.1) is 0 Å². The number of hydrogen-bond acceptors (Lipinski definition) is 2. The van der Waals surface area contributed by atoms with E-state index in [1.807, 2.05) is 11.8 Å². The third-order valence-electron chi connectivity index (χ3n) is 4.08. The van der Waals surface area contributed by atoms with Gasteiger partial charge >= 0.3 is 0 Å². The Kier molecular flexibility index (Phi) is 3.74. The highest BCUT2D eigenvalue weighted by atomic mass is 19.3. The van der Waals surface area contributed by atoms with Crippen LogP contribution in [-0.4, -0.2) is 42.2 Å². The molecule has 2 unspecified atom stereocenters. The van der Waals surface area contributed by atoms with Gasteiger partial charge in [-0.3, -0.25) is 4.90 Å². The average Bonchev–Trinajstić information content (AvgIpc) is 2.68. The Morgan fingerprint density at radius 3 is 2.88 bits per heavy atom. The zero-order valence-corrected chi connectivity index (χ0v) is 10.8. The second-order valence-corrected chi connectivity index (χ2v) is 5.69. The number of rotatable bonds is 5. The largest absolute Gasteiger partial charge is 0.377 e. The summed E-state index contributed by atoms with van der Waals surface area (Å²) in [7, 11) is 0. The van der Waals surface area contributed by atoms with E-state index in [2.05, 4.69) is 6.92 Å². The van der Waals surface area contributed by atoms with Gasteiger partial charge in [0.05, 0.1) is 24.8 Å². The molecule has 2 fully saturated rings. The zero-order chi connectivity index (χ0) is 12.5. The van der Waals surface area contributed by atoms with Crippen LogP contribution in [0.2, 0.25) is 0 Å². The molecular formula is C13H23F2NO. The molecule has 0 saturated carbocycles. The fraction of sp³-hybridized carbons (Fsp3) is 1.00. The van der Waals surface area contributed by atoms with Gasteiger partial charge in [-0.2, -0.15) is 0 Å². The number of fused-ring (bicyclic) bond motifs is 1. The molecule has 0 spiro atoms. The summed E-state index contributed by atoms with van der Waals surface area (Å²) in [5.41, 5.74) is -0.370. The summed E-state index contributed by atoms with van der Waals surface area (Å²) in [6.45, 7) is 5.36. The lowest BCUT2D eigenvalue weighted by Gasteiger charge is -2.32. The Bertz CT molecular complexity index is 272. The lowest BCUT2D eigenvalue weighted by molar-refractivity contribution is -0.0169. The first-order valence-corrected chi connectivity index (χ1v) is 6.72. The van der Waals surface area contributed by atoms with Gasteiger partial charge in [0.25, 0.3) is 5.92 Å². The molecule has 0 bridgehead atoms. The maximum Gasteiger partial charge on any atom is 0.262 e. The Morgan fingerprint density at radius 1 is 1.41 bits per heavy atom. The minimum absolute atomic E-state index is 0.0150. The number of hydrogen-bond donors (Lipinski definition) is 0. The van der Waals surface area contributed by atoms with E-state index in [0.717, 1.165) is 32.2 Å². The Labute approximate surface area is 102 Å². The lowest BCUT2D eigenvalue weighted by atomic mass is 9.94. The van der Waals surface area contributed by atoms with Crippen LogP contribution >= 0.6 is 0 Å². The van der Waals surface area contributed by atoms with Gasteiger partial charge in [0.15, 0.2) is 0 Å². The van der Waals surface area contributed by atoms with Gasteiger partial charge < -0.3 is 4.74 Å². The molecule has 4 heteroatoms. The van der Waals surface area contributed by atoms with E-state index in [1.165, 1.54) is 0 Å². The molecule has 0 aromatic rings. The molecule has 0 aliphatic carbocycles. The molecule has 0 aromatic heterocycles. The summed E-state index contributed by atoms with van der Waals surface area (Å²) < 4.78 is 32.8. The number of alkyl halides is 2. The van der Waals surface area contributed by atoms with Gasteiger partial charge in [-0.25, -0.2) is 8.78 Å². The lowest BCUT2D eigenvalue weighted by Crippen LogP contribution is -2.43. The summed E-state index contributed by atoms with van der Waals surface area (Å²) in [6, 6.07) is 0. The Balaban J connectivity index is 1.93. The van der Waals surface area contributed by atoms with Crippen molar-refractivity contribution in [1.82, 2.24) is 4.90 Å². The summed E-state index contributed by atoms with van der Waals surface area (Å²) in [5, 5.41) is 0. The second-order valence-electron chi connectivity index (χ2n) is 5.69. The van der Waals surface area contributed by atoms with Gasteiger partial charge in [0.2, 0.25) is 0 Å². The van der Waals surface area contributed by atoms with E-state index in [4.69, 9.17) is 4.74 Å². The maximum absolute atomic E-state index is 13.5. The van der Waals surface area contributed by atoms with Gasteiger partial charge in [-0.1, -0.05) is 13.3 Å². The van der Waals surface area contributed by atoms with Crippen molar-refractivity contribution in [3.63, 3.8) is 0 Å². The highest BCUT2D eigenvalue weighted by Crippen LogP contribution is 2.46. The first-order chi connectivity index (χ1) is 7.97. The molecule has 2 aliphatic rings. The average molecular weight is 247 g/mol. The molecule has 2 saturated heterocycles. The van der Waals surface area contributed by atoms with Crippen LogP contribution in [0.1, 0.15) is 46.0 Å². The van der Waals surface area contributed by atoms with Gasteiger partial charge in [-0.05, 0) is 32.7 Å². The highest BCUT2D eigenvalue weighted by Gasteiger charge is 2.56. The van der Waals surface area contributed by atoms with Crippen LogP contribution in [0.25, 0.3) is 0 Å². The molecule has 2 rings (SSSR count). The van der Waals surface area contributed by atoms with E-state index in [1.54, 1.807) is 0 Å². The summed E-state index contributed by atoms with van der Waals surface area (Å²) in [4.78, 5) is 1.95. The van der Waals surface area contributed by atoms with Crippen molar-refractivity contribution in [2.75, 3.05) is 19.7 Å². The second kappa shape index (κ2) is 4.81. The van der Waals surface area contributed by atoms with E-state index < -0.39 is 5.92 Å². The van der Waals surface area contributed by atoms with Crippen LogP contribution in [-0.2, 0) is 4.74 Å². The molecule has 2 nitrogen and oxygen atoms in total. The van der Waals surface area contributed by atoms with Crippen molar-refractivity contribution < 1.29 is 13.5 Å². The van der Waals surface area contributed by atoms with Crippen LogP contribution in [0.15, 0.2) is 0 Å². The first-order valence-electron chi connectivity index (χ1n) is 6.72. The minimum atomic E-state index is -2.52. The van der Waals surface area contributed by atoms with Crippen LogP contribution in [0.3, 0.4) is 0 Å². The van der Waals surface area contributed by atoms with Crippen LogP contribution in [0.5, 0.6) is 0 Å². The molecule has 0 aromatic carbocycles. The Hall–Kier alpha value is -0.220. The van der Waals surface area contributed by atoms with Gasteiger partial charge in [0.1, 0.15) is 0 Å². The van der Waals surface area contributed by atoms with E-state index in [9.17, 15) is 8.78 Å². The molecule has 0 radical (unpaired) electrons. The molecule has 2 atom stereocenters. The van der Waals surface area contributed by atoms with Gasteiger partial charge in [-0.15, -0.1) is 0 Å². The van der Waals surface area contributed by atoms with Crippen molar-refractivity contribution in [3.8, 4) is 0 Å². The Morgan fingerprint density at radius 2 is 2.18 bits per heavy atom. The minimum Gasteiger partial charge on any atom is -0.377 e. The summed E-state index contributed by atoms with van der Waals surface area (Å²) >= 11 is 0. The summed E-state index contributed by atoms with van der Waals surface area (Å²) in [6.07, 6.45) is 4.15. The fourth-order valence-corrected chi connectivity index (χ4v) is 3.26. The van der Waals surface area contributed by atoms with Crippen molar-refractivity contribution in [1.29, 1.82) is 0 Å². The fourth-order valence-electron chi connectivity index (χ4n) is 3.26. The topological polar surface area (TPSA) is 12.5 Å². The molecule has 2 aliphatic heterocycles. The molecule has 0 amide bonds. The van der Waals surface area contributed by atoms with E-state index in [-0.39, 0.29) is 24.6 Å². The van der Waals surface area contributed by atoms with Crippen molar-refractivity contribution in [2.45, 2.75) is 63.5 Å². The smallest absolute Gasteiger partial charge is 0.262 e. The van der Waals surface area contributed by atoms with Crippen molar-refractivity contribution in [2.24, 2.45) is 0 Å². The van der Waals surface area contributed by atoms with Crippen LogP contribution < -0.4 is 0 Å². The number of ether oxygens (including phenoxy) is 1. The monoisotopic (exact) mass is 247 g/mol. The maximum atomic E-state index is 13.5. The zero-order valence-electron chi connectivity index (χ0n) is 10.8. The molecule has 2 heterocycles. The van der Waals surface area contributed by atoms with Crippen LogP contribution in [0.4, 0.5) is 8.78 Å². The number of halogens is 2. The van der Waals surface area contributed by atoms with Gasteiger partial charge in [0, 0.05) is 6.42 Å². The molecule has 17 heavy (non-hydrogen) atoms. The van der Waals surface area contributed by atoms with Crippen molar-refractivity contribution in [3.05, 3.63) is 0 Å². The SMILES string of the molecule is CCCC(C)OCC12CCCN1CC(F)(F)C2. The third kappa shape index (κ3) is 2.79. The quantitative estimate of drug-likeness (QED) is 0.740. The van der Waals surface area contributed by atoms with E-state index >= 15 is 0 Å². The van der Waals surface area contributed by atoms with E-state index in [0.29, 0.717) is 6.61 Å². The first kappa shape index (κ1) is 13.2. The normalized spacial score (nSPS) is 33.9.